The van der Waals surface area contributed by atoms with Crippen LogP contribution in [0.4, 0.5) is 0 Å². The van der Waals surface area contributed by atoms with Crippen molar-refractivity contribution in [1.82, 2.24) is 0 Å². The summed E-state index contributed by atoms with van der Waals surface area (Å²) in [4.78, 5) is 0. The van der Waals surface area contributed by atoms with Crippen molar-refractivity contribution in [2.75, 3.05) is 0 Å². The van der Waals surface area contributed by atoms with Gasteiger partial charge >= 0.3 is 0 Å². The summed E-state index contributed by atoms with van der Waals surface area (Å²) in [5, 5.41) is 8.55. The first-order valence-electron chi connectivity index (χ1n) is 4.25. The Morgan fingerprint density at radius 2 is 1.92 bits per heavy atom. The molecule has 0 amide bonds. The van der Waals surface area contributed by atoms with Gasteiger partial charge < -0.3 is 4.74 Å². The molecular formula is C11H13NO. The van der Waals surface area contributed by atoms with Gasteiger partial charge in [0.25, 0.3) is 0 Å². The van der Waals surface area contributed by atoms with Gasteiger partial charge in [-0.1, -0.05) is 18.2 Å². The summed E-state index contributed by atoms with van der Waals surface area (Å²) in [6.45, 7) is 3.81. The van der Waals surface area contributed by atoms with Crippen LogP contribution in [0.25, 0.3) is 0 Å². The zero-order valence-corrected chi connectivity index (χ0v) is 7.95. The fourth-order valence-corrected chi connectivity index (χ4v) is 1.03. The summed E-state index contributed by atoms with van der Waals surface area (Å²) in [7, 11) is 0. The number of ether oxygens (including phenoxy) is 1. The largest absolute Gasteiger partial charge is 0.487 e. The number of para-hydroxylation sites is 1. The predicted octanol–water partition coefficient (Wildman–Crippen LogP) is 2.76. The number of nitrogens with zero attached hydrogens (tertiary/aromatic N) is 1. The van der Waals surface area contributed by atoms with Crippen LogP contribution >= 0.6 is 0 Å². The molecule has 0 bridgehead atoms. The Labute approximate surface area is 78.8 Å². The van der Waals surface area contributed by atoms with Gasteiger partial charge in [-0.15, -0.1) is 0 Å². The lowest BCUT2D eigenvalue weighted by Crippen LogP contribution is -2.27. The van der Waals surface area contributed by atoms with Crippen molar-refractivity contribution < 1.29 is 4.74 Å². The maximum atomic E-state index is 8.55. The Morgan fingerprint density at radius 3 is 2.46 bits per heavy atom. The minimum absolute atomic E-state index is 0.391. The predicted molar refractivity (Wildman–Crippen MR) is 51.4 cm³/mol. The molecule has 0 spiro atoms. The van der Waals surface area contributed by atoms with Gasteiger partial charge in [-0.05, 0) is 26.0 Å². The zero-order valence-electron chi connectivity index (χ0n) is 7.95. The van der Waals surface area contributed by atoms with Gasteiger partial charge in [-0.3, -0.25) is 0 Å². The Bertz CT molecular complexity index is 298. The van der Waals surface area contributed by atoms with Crippen LogP contribution < -0.4 is 4.74 Å². The molecule has 1 aromatic rings. The average molecular weight is 175 g/mol. The van der Waals surface area contributed by atoms with E-state index in [1.54, 1.807) is 0 Å². The normalized spacial score (nSPS) is 10.5. The summed E-state index contributed by atoms with van der Waals surface area (Å²) < 4.78 is 5.62. The summed E-state index contributed by atoms with van der Waals surface area (Å²) in [5.74, 6) is 0.808. The Morgan fingerprint density at radius 1 is 1.31 bits per heavy atom. The Balaban J connectivity index is 2.65. The second-order valence-corrected chi connectivity index (χ2v) is 3.51. The molecule has 0 atom stereocenters. The molecule has 0 aromatic heterocycles. The van der Waals surface area contributed by atoms with Gasteiger partial charge in [0.05, 0.1) is 12.5 Å². The van der Waals surface area contributed by atoms with E-state index in [1.165, 1.54) is 0 Å². The van der Waals surface area contributed by atoms with E-state index >= 15 is 0 Å². The highest BCUT2D eigenvalue weighted by molar-refractivity contribution is 5.21. The van der Waals surface area contributed by atoms with Crippen molar-refractivity contribution in [1.29, 1.82) is 5.26 Å². The molecule has 0 saturated carbocycles. The van der Waals surface area contributed by atoms with E-state index in [2.05, 4.69) is 6.07 Å². The first-order valence-corrected chi connectivity index (χ1v) is 4.25. The maximum Gasteiger partial charge on any atom is 0.120 e. The molecule has 0 saturated heterocycles. The molecule has 0 heterocycles. The highest BCUT2D eigenvalue weighted by Crippen LogP contribution is 2.19. The van der Waals surface area contributed by atoms with Crippen molar-refractivity contribution in [3.63, 3.8) is 0 Å². The molecule has 68 valence electrons. The monoisotopic (exact) mass is 175 g/mol. The molecule has 0 aliphatic carbocycles. The van der Waals surface area contributed by atoms with Gasteiger partial charge in [-0.2, -0.15) is 5.26 Å². The number of rotatable bonds is 3. The van der Waals surface area contributed by atoms with Crippen LogP contribution in [-0.2, 0) is 0 Å². The van der Waals surface area contributed by atoms with Crippen LogP contribution in [-0.4, -0.2) is 5.60 Å². The summed E-state index contributed by atoms with van der Waals surface area (Å²) in [6, 6.07) is 11.6. The van der Waals surface area contributed by atoms with Gasteiger partial charge in [0, 0.05) is 0 Å². The zero-order chi connectivity index (χ0) is 9.73. The van der Waals surface area contributed by atoms with Crippen LogP contribution in [0.2, 0.25) is 0 Å². The summed E-state index contributed by atoms with van der Waals surface area (Å²) in [6.07, 6.45) is 0.391. The third-order valence-corrected chi connectivity index (χ3v) is 1.64. The molecule has 0 aliphatic heterocycles. The van der Waals surface area contributed by atoms with E-state index in [0.717, 1.165) is 5.75 Å². The Hall–Kier alpha value is -1.49. The number of hydrogen-bond donors (Lipinski definition) is 0. The molecule has 2 heteroatoms. The first kappa shape index (κ1) is 9.60. The standard InChI is InChI=1S/C11H13NO/c1-11(2,8-9-12)13-10-6-4-3-5-7-10/h3-7H,8H2,1-2H3. The van der Waals surface area contributed by atoms with Gasteiger partial charge in [-0.25, -0.2) is 0 Å². The molecule has 0 aliphatic rings. The molecule has 0 N–H and O–H groups in total. The quantitative estimate of drug-likeness (QED) is 0.707. The summed E-state index contributed by atoms with van der Waals surface area (Å²) >= 11 is 0. The van der Waals surface area contributed by atoms with Crippen LogP contribution in [0.5, 0.6) is 5.75 Å². The molecule has 1 rings (SSSR count). The van der Waals surface area contributed by atoms with Crippen molar-refractivity contribution in [2.24, 2.45) is 0 Å². The van der Waals surface area contributed by atoms with Crippen molar-refractivity contribution in [2.45, 2.75) is 25.9 Å². The summed E-state index contributed by atoms with van der Waals surface area (Å²) in [5.41, 5.74) is -0.407. The van der Waals surface area contributed by atoms with E-state index in [1.807, 2.05) is 44.2 Å². The lowest BCUT2D eigenvalue weighted by atomic mass is 10.1. The highest BCUT2D eigenvalue weighted by Gasteiger charge is 2.18. The Kier molecular flexibility index (Phi) is 2.92. The van der Waals surface area contributed by atoms with E-state index in [9.17, 15) is 0 Å². The molecular weight excluding hydrogens is 162 g/mol. The van der Waals surface area contributed by atoms with Crippen LogP contribution in [0, 0.1) is 11.3 Å². The van der Waals surface area contributed by atoms with E-state index in [4.69, 9.17) is 10.00 Å². The third-order valence-electron chi connectivity index (χ3n) is 1.64. The number of benzene rings is 1. The molecule has 0 fully saturated rings. The molecule has 0 radical (unpaired) electrons. The van der Waals surface area contributed by atoms with Crippen LogP contribution in [0.15, 0.2) is 30.3 Å². The molecule has 13 heavy (non-hydrogen) atoms. The minimum Gasteiger partial charge on any atom is -0.487 e. The van der Waals surface area contributed by atoms with Gasteiger partial charge in [0.1, 0.15) is 11.4 Å². The average Bonchev–Trinajstić information content (AvgIpc) is 2.04. The lowest BCUT2D eigenvalue weighted by molar-refractivity contribution is 0.115. The highest BCUT2D eigenvalue weighted by atomic mass is 16.5. The van der Waals surface area contributed by atoms with Crippen molar-refractivity contribution >= 4 is 0 Å². The fraction of sp³-hybridized carbons (Fsp3) is 0.364. The van der Waals surface area contributed by atoms with E-state index < -0.39 is 5.60 Å². The van der Waals surface area contributed by atoms with Crippen LogP contribution in [0.3, 0.4) is 0 Å². The smallest absolute Gasteiger partial charge is 0.120 e. The van der Waals surface area contributed by atoms with E-state index in [0.29, 0.717) is 6.42 Å². The second-order valence-electron chi connectivity index (χ2n) is 3.51. The maximum absolute atomic E-state index is 8.55. The third kappa shape index (κ3) is 3.16. The topological polar surface area (TPSA) is 33.0 Å². The number of nitriles is 1. The van der Waals surface area contributed by atoms with Gasteiger partial charge in [0.2, 0.25) is 0 Å². The van der Waals surface area contributed by atoms with Crippen LogP contribution in [0.1, 0.15) is 20.3 Å². The van der Waals surface area contributed by atoms with Gasteiger partial charge in [0.15, 0.2) is 0 Å². The second kappa shape index (κ2) is 3.95. The lowest BCUT2D eigenvalue weighted by Gasteiger charge is -2.23. The van der Waals surface area contributed by atoms with Crippen molar-refractivity contribution in [3.8, 4) is 11.8 Å². The SMILES string of the molecule is CC(C)(CC#N)Oc1ccccc1. The molecule has 0 unspecified atom stereocenters. The number of hydrogen-bond acceptors (Lipinski definition) is 2. The minimum atomic E-state index is -0.407. The fourth-order valence-electron chi connectivity index (χ4n) is 1.03. The first-order chi connectivity index (χ1) is 6.14. The molecule has 2 nitrogen and oxygen atoms in total. The van der Waals surface area contributed by atoms with E-state index in [-0.39, 0.29) is 0 Å². The van der Waals surface area contributed by atoms with Crippen molar-refractivity contribution in [3.05, 3.63) is 30.3 Å². The molecule has 1 aromatic carbocycles.